The SMILES string of the molecule is C=CC(=O)N(CCCC)CCP(=O)(O)OP(=O)(O)O/C=C/C(=O)NC(C)(C)CS(=O)(=O)O. The van der Waals surface area contributed by atoms with Crippen molar-refractivity contribution < 1.29 is 50.3 Å². The van der Waals surface area contributed by atoms with Gasteiger partial charge in [-0.3, -0.25) is 23.6 Å². The molecule has 0 fully saturated rings. The molecule has 0 radical (unpaired) electrons. The molecule has 2 atom stereocenters. The number of rotatable bonds is 15. The lowest BCUT2D eigenvalue weighted by atomic mass is 10.1. The van der Waals surface area contributed by atoms with Gasteiger partial charge in [0.2, 0.25) is 11.8 Å². The maximum Gasteiger partial charge on any atom is 0.534 e. The number of hydrogen-bond donors (Lipinski definition) is 4. The number of hydrogen-bond acceptors (Lipinski definition) is 8. The van der Waals surface area contributed by atoms with Crippen LogP contribution < -0.4 is 5.32 Å². The number of phosphoric acid groups is 1. The van der Waals surface area contributed by atoms with E-state index in [0.717, 1.165) is 12.5 Å². The van der Waals surface area contributed by atoms with Gasteiger partial charge >= 0.3 is 15.4 Å². The Morgan fingerprint density at radius 2 is 1.81 bits per heavy atom. The first-order valence-electron chi connectivity index (χ1n) is 9.31. The fourth-order valence-corrected chi connectivity index (χ4v) is 5.78. The second kappa shape index (κ2) is 12.6. The van der Waals surface area contributed by atoms with Crippen LogP contribution in [-0.4, -0.2) is 70.0 Å². The zero-order chi connectivity index (χ0) is 25.2. The van der Waals surface area contributed by atoms with E-state index in [1.54, 1.807) is 0 Å². The Morgan fingerprint density at radius 1 is 1.22 bits per heavy atom. The topological polar surface area (TPSA) is 197 Å². The lowest BCUT2D eigenvalue weighted by Crippen LogP contribution is -2.47. The maximum absolute atomic E-state index is 12.1. The predicted octanol–water partition coefficient (Wildman–Crippen LogP) is 1.42. The first kappa shape index (κ1) is 30.5. The Labute approximate surface area is 187 Å². The molecule has 0 aliphatic heterocycles. The summed E-state index contributed by atoms with van der Waals surface area (Å²) >= 11 is 0. The van der Waals surface area contributed by atoms with Gasteiger partial charge in [0.25, 0.3) is 10.1 Å². The molecule has 0 spiro atoms. The largest absolute Gasteiger partial charge is 0.534 e. The molecular formula is C16H30N2O11P2S. The van der Waals surface area contributed by atoms with E-state index in [1.165, 1.54) is 18.7 Å². The van der Waals surface area contributed by atoms with Crippen LogP contribution in [-0.2, 0) is 37.7 Å². The molecule has 0 aliphatic rings. The third kappa shape index (κ3) is 14.5. The van der Waals surface area contributed by atoms with Crippen LogP contribution in [0.2, 0.25) is 0 Å². The average molecular weight is 520 g/mol. The first-order valence-corrected chi connectivity index (χ1v) is 14.2. The molecule has 0 aromatic rings. The Bertz CT molecular complexity index is 902. The number of amides is 2. The highest BCUT2D eigenvalue weighted by atomic mass is 32.2. The molecule has 0 aliphatic carbocycles. The van der Waals surface area contributed by atoms with Crippen molar-refractivity contribution in [1.29, 1.82) is 0 Å². The molecule has 0 aromatic carbocycles. The van der Waals surface area contributed by atoms with Crippen LogP contribution in [0, 0.1) is 0 Å². The summed E-state index contributed by atoms with van der Waals surface area (Å²) in [4.78, 5) is 44.2. The van der Waals surface area contributed by atoms with Gasteiger partial charge in [-0.25, -0.2) is 4.57 Å². The summed E-state index contributed by atoms with van der Waals surface area (Å²) in [5, 5.41) is 2.21. The van der Waals surface area contributed by atoms with Crippen LogP contribution in [0.3, 0.4) is 0 Å². The molecule has 4 N–H and O–H groups in total. The second-order valence-electron chi connectivity index (χ2n) is 7.30. The van der Waals surface area contributed by atoms with Crippen molar-refractivity contribution in [3.05, 3.63) is 25.0 Å². The van der Waals surface area contributed by atoms with Crippen molar-refractivity contribution in [2.45, 2.75) is 39.2 Å². The molecule has 0 rings (SSSR count). The fourth-order valence-electron chi connectivity index (χ4n) is 2.32. The summed E-state index contributed by atoms with van der Waals surface area (Å²) in [7, 11) is -14.2. The summed E-state index contributed by atoms with van der Waals surface area (Å²) in [6.07, 6.45) is 2.81. The molecular weight excluding hydrogens is 490 g/mol. The molecule has 0 saturated carbocycles. The highest BCUT2D eigenvalue weighted by Crippen LogP contribution is 2.59. The van der Waals surface area contributed by atoms with Crippen molar-refractivity contribution in [2.24, 2.45) is 0 Å². The van der Waals surface area contributed by atoms with E-state index in [2.05, 4.69) is 20.7 Å². The number of unbranched alkanes of at least 4 members (excludes halogenated alkanes) is 1. The minimum Gasteiger partial charge on any atom is -0.412 e. The maximum atomic E-state index is 12.1. The van der Waals surface area contributed by atoms with Gasteiger partial charge in [0.15, 0.2) is 0 Å². The molecule has 0 heterocycles. The van der Waals surface area contributed by atoms with Gasteiger partial charge in [-0.05, 0) is 26.3 Å². The summed E-state index contributed by atoms with van der Waals surface area (Å²) < 4.78 is 63.3. The zero-order valence-corrected chi connectivity index (χ0v) is 20.6. The summed E-state index contributed by atoms with van der Waals surface area (Å²) in [6, 6.07) is 0. The van der Waals surface area contributed by atoms with E-state index in [0.29, 0.717) is 25.3 Å². The number of carbonyl (C=O) groups excluding carboxylic acids is 2. The number of phosphoric ester groups is 1. The van der Waals surface area contributed by atoms with E-state index in [4.69, 9.17) is 4.55 Å². The third-order valence-corrected chi connectivity index (χ3v) is 7.66. The Morgan fingerprint density at radius 3 is 2.31 bits per heavy atom. The van der Waals surface area contributed by atoms with E-state index in [-0.39, 0.29) is 6.54 Å². The summed E-state index contributed by atoms with van der Waals surface area (Å²) in [5.41, 5.74) is -1.37. The molecule has 32 heavy (non-hydrogen) atoms. The normalized spacial score (nSPS) is 16.1. The second-order valence-corrected chi connectivity index (χ2v) is 12.3. The van der Waals surface area contributed by atoms with E-state index < -0.39 is 54.8 Å². The van der Waals surface area contributed by atoms with Gasteiger partial charge < -0.3 is 19.6 Å². The quantitative estimate of drug-likeness (QED) is 0.105. The van der Waals surface area contributed by atoms with Crippen LogP contribution in [0.4, 0.5) is 0 Å². The lowest BCUT2D eigenvalue weighted by Gasteiger charge is -2.23. The van der Waals surface area contributed by atoms with E-state index >= 15 is 0 Å². The highest BCUT2D eigenvalue weighted by Gasteiger charge is 2.34. The van der Waals surface area contributed by atoms with Crippen LogP contribution >= 0.6 is 15.4 Å². The van der Waals surface area contributed by atoms with E-state index in [9.17, 15) is 36.9 Å². The zero-order valence-electron chi connectivity index (χ0n) is 18.0. The number of nitrogens with one attached hydrogen (secondary N) is 1. The van der Waals surface area contributed by atoms with Crippen LogP contribution in [0.25, 0.3) is 0 Å². The Hall–Kier alpha value is -1.53. The number of carbonyl (C=O) groups is 2. The molecule has 0 bridgehead atoms. The summed E-state index contributed by atoms with van der Waals surface area (Å²) in [5.74, 6) is -2.22. The molecule has 13 nitrogen and oxygen atoms in total. The minimum atomic E-state index is -5.11. The summed E-state index contributed by atoms with van der Waals surface area (Å²) in [6.45, 7) is 7.89. The van der Waals surface area contributed by atoms with Crippen molar-refractivity contribution in [3.8, 4) is 0 Å². The lowest BCUT2D eigenvalue weighted by molar-refractivity contribution is -0.125. The van der Waals surface area contributed by atoms with Gasteiger partial charge in [0.1, 0.15) is 6.26 Å². The molecule has 2 unspecified atom stereocenters. The predicted molar refractivity (Wildman–Crippen MR) is 116 cm³/mol. The van der Waals surface area contributed by atoms with Crippen LogP contribution in [0.1, 0.15) is 33.6 Å². The number of nitrogens with zero attached hydrogens (tertiary/aromatic N) is 1. The molecule has 2 amide bonds. The fraction of sp³-hybridized carbons (Fsp3) is 0.625. The monoisotopic (exact) mass is 520 g/mol. The smallest absolute Gasteiger partial charge is 0.412 e. The molecule has 0 saturated heterocycles. The van der Waals surface area contributed by atoms with Crippen molar-refractivity contribution in [3.63, 3.8) is 0 Å². The van der Waals surface area contributed by atoms with Crippen molar-refractivity contribution >= 4 is 37.4 Å². The van der Waals surface area contributed by atoms with E-state index in [1.807, 2.05) is 6.92 Å². The Balaban J connectivity index is 4.87. The Kier molecular flexibility index (Phi) is 12.0. The van der Waals surface area contributed by atoms with Gasteiger partial charge in [-0.2, -0.15) is 12.7 Å². The third-order valence-electron chi connectivity index (χ3n) is 3.57. The van der Waals surface area contributed by atoms with Crippen LogP contribution in [0.15, 0.2) is 25.0 Å². The molecule has 16 heteroatoms. The standard InChI is InChI=1S/C16H30N2O11P2S/c1-5-7-9-18(15(20)6-2)10-12-30(21,22)29-31(23,24)28-11-8-14(19)17-16(3,4)13-32(25,26)27/h6,8,11H,2,5,7,9-10,12-13H2,1,3-4H3,(H,17,19)(H,21,22)(H,23,24)(H,25,26,27)/b11-8+. The van der Waals surface area contributed by atoms with Crippen molar-refractivity contribution in [1.82, 2.24) is 10.2 Å². The molecule has 186 valence electrons. The van der Waals surface area contributed by atoms with Gasteiger partial charge in [-0.15, -0.1) is 0 Å². The highest BCUT2D eigenvalue weighted by molar-refractivity contribution is 7.85. The van der Waals surface area contributed by atoms with Crippen molar-refractivity contribution in [2.75, 3.05) is 25.0 Å². The molecule has 0 aromatic heterocycles. The first-order chi connectivity index (χ1) is 14.4. The van der Waals surface area contributed by atoms with Gasteiger partial charge in [-0.1, -0.05) is 19.9 Å². The van der Waals surface area contributed by atoms with Gasteiger partial charge in [0.05, 0.1) is 17.5 Å². The van der Waals surface area contributed by atoms with Crippen LogP contribution in [0.5, 0.6) is 0 Å². The minimum absolute atomic E-state index is 0.236. The average Bonchev–Trinajstić information content (AvgIpc) is 2.57. The van der Waals surface area contributed by atoms with Gasteiger partial charge in [0, 0.05) is 19.2 Å².